The minimum absolute atomic E-state index is 0.0628. The van der Waals surface area contributed by atoms with Crippen LogP contribution in [-0.4, -0.2) is 28.1 Å². The highest BCUT2D eigenvalue weighted by Crippen LogP contribution is 2.49. The van der Waals surface area contributed by atoms with Crippen LogP contribution in [0.2, 0.25) is 10.0 Å². The first-order valence-electron chi connectivity index (χ1n) is 15.0. The van der Waals surface area contributed by atoms with E-state index in [0.29, 0.717) is 22.4 Å². The number of halogens is 2. The van der Waals surface area contributed by atoms with Gasteiger partial charge in [-0.1, -0.05) is 140 Å². The maximum atomic E-state index is 12.6. The van der Waals surface area contributed by atoms with Crippen LogP contribution in [0.25, 0.3) is 0 Å². The standard InChI is InChI=1S/C20H20Cl2N2OS.C16H19O4P/c1-13(2)19-20(26-17-9-15(21)8-16(22)10-17)24(18(12-25)23-19)11-14-6-4-3-5-7-14;1-18-14-21(17,19-12-15-8-4-2-5-9-15)20-13-16-10-6-3-7-11-16/h3-10,13,25H,11-12H2,1-2H3;2-11H,12-14H2,1H3. The highest BCUT2D eigenvalue weighted by molar-refractivity contribution is 7.99. The fourth-order valence-electron chi connectivity index (χ4n) is 4.50. The zero-order valence-corrected chi connectivity index (χ0v) is 29.8. The molecular formula is C36H39Cl2N2O5PS. The summed E-state index contributed by atoms with van der Waals surface area (Å²) in [6, 6.07) is 34.8. The van der Waals surface area contributed by atoms with E-state index in [4.69, 9.17) is 42.0 Å². The van der Waals surface area contributed by atoms with Gasteiger partial charge < -0.3 is 23.5 Å². The molecule has 0 amide bonds. The molecule has 0 atom stereocenters. The molecule has 1 aromatic heterocycles. The molecule has 7 nitrogen and oxygen atoms in total. The predicted octanol–water partition coefficient (Wildman–Crippen LogP) is 10.2. The van der Waals surface area contributed by atoms with Crippen molar-refractivity contribution >= 4 is 42.6 Å². The van der Waals surface area contributed by atoms with E-state index in [1.807, 2.05) is 91.0 Å². The summed E-state index contributed by atoms with van der Waals surface area (Å²) >= 11 is 13.9. The van der Waals surface area contributed by atoms with E-state index in [1.54, 1.807) is 17.8 Å². The molecule has 4 aromatic carbocycles. The second kappa shape index (κ2) is 18.6. The number of hydrogen-bond donors (Lipinski definition) is 1. The van der Waals surface area contributed by atoms with E-state index in [0.717, 1.165) is 32.3 Å². The molecule has 47 heavy (non-hydrogen) atoms. The average Bonchev–Trinajstić information content (AvgIpc) is 3.41. The minimum atomic E-state index is -3.27. The Morgan fingerprint density at radius 3 is 1.74 bits per heavy atom. The Morgan fingerprint density at radius 1 is 0.809 bits per heavy atom. The first-order valence-corrected chi connectivity index (χ1v) is 18.3. The Bertz CT molecular complexity index is 1660. The molecule has 0 aliphatic rings. The molecule has 1 N–H and O–H groups in total. The molecular weight excluding hydrogens is 674 g/mol. The van der Waals surface area contributed by atoms with Gasteiger partial charge in [-0.15, -0.1) is 0 Å². The average molecular weight is 714 g/mol. The molecule has 0 unspecified atom stereocenters. The van der Waals surface area contributed by atoms with Gasteiger partial charge >= 0.3 is 7.60 Å². The molecule has 5 aromatic rings. The van der Waals surface area contributed by atoms with Crippen molar-refractivity contribution in [1.29, 1.82) is 0 Å². The van der Waals surface area contributed by atoms with E-state index >= 15 is 0 Å². The Balaban J connectivity index is 0.000000218. The third-order valence-electron chi connectivity index (χ3n) is 6.78. The van der Waals surface area contributed by atoms with Crippen LogP contribution in [0.1, 0.15) is 48.0 Å². The van der Waals surface area contributed by atoms with Gasteiger partial charge in [-0.2, -0.15) is 0 Å². The van der Waals surface area contributed by atoms with Gasteiger partial charge in [0.2, 0.25) is 0 Å². The summed E-state index contributed by atoms with van der Waals surface area (Å²) in [5.74, 6) is 0.891. The van der Waals surface area contributed by atoms with E-state index in [1.165, 1.54) is 7.11 Å². The first-order chi connectivity index (χ1) is 22.7. The lowest BCUT2D eigenvalue weighted by molar-refractivity contribution is 0.149. The van der Waals surface area contributed by atoms with E-state index < -0.39 is 7.60 Å². The Hall–Kier alpha value is -2.91. The lowest BCUT2D eigenvalue weighted by atomic mass is 10.1. The van der Waals surface area contributed by atoms with Gasteiger partial charge in [0.25, 0.3) is 0 Å². The van der Waals surface area contributed by atoms with Crippen LogP contribution in [0.4, 0.5) is 0 Å². The molecule has 0 bridgehead atoms. The number of imidazole rings is 1. The molecule has 0 saturated heterocycles. The summed E-state index contributed by atoms with van der Waals surface area (Å²) in [6.07, 6.45) is -0.0628. The van der Waals surface area contributed by atoms with Crippen LogP contribution in [0.5, 0.6) is 0 Å². The third kappa shape index (κ3) is 11.6. The van der Waals surface area contributed by atoms with Crippen molar-refractivity contribution in [3.8, 4) is 0 Å². The van der Waals surface area contributed by atoms with Crippen molar-refractivity contribution in [2.75, 3.05) is 13.5 Å². The van der Waals surface area contributed by atoms with Crippen molar-refractivity contribution in [3.05, 3.63) is 147 Å². The van der Waals surface area contributed by atoms with E-state index in [-0.39, 0.29) is 32.1 Å². The molecule has 0 aliphatic carbocycles. The highest BCUT2D eigenvalue weighted by atomic mass is 35.5. The normalized spacial score (nSPS) is 11.4. The van der Waals surface area contributed by atoms with Gasteiger partial charge in [0.15, 0.2) is 0 Å². The number of rotatable bonds is 14. The summed E-state index contributed by atoms with van der Waals surface area (Å²) in [5, 5.41) is 12.0. The Kier molecular flexibility index (Phi) is 14.6. The molecule has 0 aliphatic heterocycles. The maximum Gasteiger partial charge on any atom is 0.356 e. The van der Waals surface area contributed by atoms with E-state index in [9.17, 15) is 9.67 Å². The van der Waals surface area contributed by atoms with Crippen molar-refractivity contribution in [2.24, 2.45) is 0 Å². The summed E-state index contributed by atoms with van der Waals surface area (Å²) < 4.78 is 30.6. The second-order valence-electron chi connectivity index (χ2n) is 10.9. The molecule has 11 heteroatoms. The molecule has 0 saturated carbocycles. The zero-order valence-electron chi connectivity index (χ0n) is 26.6. The van der Waals surface area contributed by atoms with Gasteiger partial charge in [0.05, 0.1) is 18.9 Å². The zero-order chi connectivity index (χ0) is 33.6. The van der Waals surface area contributed by atoms with Gasteiger partial charge in [-0.05, 0) is 40.8 Å². The van der Waals surface area contributed by atoms with Crippen molar-refractivity contribution < 1.29 is 23.5 Å². The molecule has 0 fully saturated rings. The van der Waals surface area contributed by atoms with Crippen LogP contribution in [0.3, 0.4) is 0 Å². The number of aliphatic hydroxyl groups is 1. The van der Waals surface area contributed by atoms with Crippen molar-refractivity contribution in [3.63, 3.8) is 0 Å². The van der Waals surface area contributed by atoms with Gasteiger partial charge in [-0.3, -0.25) is 4.57 Å². The van der Waals surface area contributed by atoms with Gasteiger partial charge in [0.1, 0.15) is 23.8 Å². The van der Waals surface area contributed by atoms with E-state index in [2.05, 4.69) is 30.5 Å². The summed E-state index contributed by atoms with van der Waals surface area (Å²) in [7, 11) is -1.80. The molecule has 1 heterocycles. The fraction of sp³-hybridized carbons (Fsp3) is 0.250. The Morgan fingerprint density at radius 2 is 1.30 bits per heavy atom. The van der Waals surface area contributed by atoms with Crippen molar-refractivity contribution in [2.45, 2.75) is 56.1 Å². The maximum absolute atomic E-state index is 12.6. The third-order valence-corrected chi connectivity index (χ3v) is 9.93. The summed E-state index contributed by atoms with van der Waals surface area (Å²) in [4.78, 5) is 5.64. The monoisotopic (exact) mass is 712 g/mol. The highest BCUT2D eigenvalue weighted by Gasteiger charge is 2.25. The van der Waals surface area contributed by atoms with Gasteiger partial charge in [0, 0.05) is 28.6 Å². The number of hydrogen-bond acceptors (Lipinski definition) is 7. The fourth-order valence-corrected chi connectivity index (χ4v) is 7.65. The lowest BCUT2D eigenvalue weighted by Gasteiger charge is -2.18. The number of ether oxygens (including phenoxy) is 1. The van der Waals surface area contributed by atoms with Crippen LogP contribution in [0, 0.1) is 0 Å². The summed E-state index contributed by atoms with van der Waals surface area (Å²) in [5.41, 5.74) is 4.00. The quantitative estimate of drug-likeness (QED) is 0.115. The number of nitrogens with zero attached hydrogens (tertiary/aromatic N) is 2. The second-order valence-corrected chi connectivity index (χ2v) is 14.8. The smallest absolute Gasteiger partial charge is 0.356 e. The van der Waals surface area contributed by atoms with Crippen LogP contribution >= 0.6 is 42.6 Å². The number of aliphatic hydroxyl groups excluding tert-OH is 1. The lowest BCUT2D eigenvalue weighted by Crippen LogP contribution is -2.06. The topological polar surface area (TPSA) is 82.8 Å². The number of benzene rings is 4. The van der Waals surface area contributed by atoms with Crippen LogP contribution in [0.15, 0.2) is 119 Å². The first kappa shape index (κ1) is 36.9. The molecule has 5 rings (SSSR count). The van der Waals surface area contributed by atoms with Crippen molar-refractivity contribution in [1.82, 2.24) is 9.55 Å². The molecule has 0 radical (unpaired) electrons. The molecule has 248 valence electrons. The SMILES string of the molecule is CC(C)c1nc(CO)n(Cc2ccccc2)c1Sc1cc(Cl)cc(Cl)c1.COCP(=O)(OCc1ccccc1)OCc1ccccc1. The largest absolute Gasteiger partial charge is 0.388 e. The number of methoxy groups -OCH3 is 1. The minimum Gasteiger partial charge on any atom is -0.388 e. The molecule has 0 spiro atoms. The van der Waals surface area contributed by atoms with Gasteiger partial charge in [-0.25, -0.2) is 4.98 Å². The summed E-state index contributed by atoms with van der Waals surface area (Å²) in [6.45, 7) is 5.21. The Labute approximate surface area is 291 Å². The predicted molar refractivity (Wildman–Crippen MR) is 190 cm³/mol. The van der Waals surface area contributed by atoms with Crippen LogP contribution < -0.4 is 0 Å². The number of aromatic nitrogens is 2. The van der Waals surface area contributed by atoms with Crippen LogP contribution in [-0.2, 0) is 44.7 Å².